The zero-order chi connectivity index (χ0) is 10.5. The van der Waals surface area contributed by atoms with Crippen LogP contribution in [-0.2, 0) is 19.6 Å². The van der Waals surface area contributed by atoms with Crippen LogP contribution < -0.4 is 0 Å². The molecule has 1 aromatic heterocycles. The monoisotopic (exact) mass is 202 g/mol. The molecule has 0 saturated heterocycles. The van der Waals surface area contributed by atoms with Crippen LogP contribution in [0.2, 0.25) is 0 Å². The number of aliphatic hydroxyl groups is 1. The third-order valence-electron chi connectivity index (χ3n) is 2.33. The Hall–Kier alpha value is -1.61. The van der Waals surface area contributed by atoms with Gasteiger partial charge in [0.05, 0.1) is 12.3 Å². The summed E-state index contributed by atoms with van der Waals surface area (Å²) < 4.78 is 1.86. The fraction of sp³-hybridized carbons (Fsp3) is 0.250. The van der Waals surface area contributed by atoms with Crippen molar-refractivity contribution in [1.82, 2.24) is 9.78 Å². The third-order valence-corrected chi connectivity index (χ3v) is 2.33. The van der Waals surface area contributed by atoms with E-state index in [0.717, 1.165) is 18.7 Å². The molecule has 0 aliphatic heterocycles. The van der Waals surface area contributed by atoms with E-state index in [-0.39, 0.29) is 6.61 Å². The second-order valence-corrected chi connectivity index (χ2v) is 3.46. The molecule has 0 amide bonds. The van der Waals surface area contributed by atoms with Crippen molar-refractivity contribution in [2.45, 2.75) is 19.6 Å². The summed E-state index contributed by atoms with van der Waals surface area (Å²) in [5, 5.41) is 13.1. The van der Waals surface area contributed by atoms with Gasteiger partial charge in [0.15, 0.2) is 0 Å². The molecular weight excluding hydrogens is 188 g/mol. The molecule has 78 valence electrons. The van der Waals surface area contributed by atoms with E-state index in [9.17, 15) is 0 Å². The summed E-state index contributed by atoms with van der Waals surface area (Å²) in [6, 6.07) is 12.1. The Morgan fingerprint density at radius 3 is 2.60 bits per heavy atom. The van der Waals surface area contributed by atoms with Crippen molar-refractivity contribution in [3.05, 3.63) is 53.9 Å². The van der Waals surface area contributed by atoms with E-state index in [4.69, 9.17) is 5.11 Å². The Kier molecular flexibility index (Phi) is 3.15. The predicted molar refractivity (Wildman–Crippen MR) is 58.3 cm³/mol. The van der Waals surface area contributed by atoms with E-state index in [1.54, 1.807) is 0 Å². The molecule has 0 aliphatic rings. The first-order valence-electron chi connectivity index (χ1n) is 5.05. The molecule has 2 rings (SSSR count). The zero-order valence-corrected chi connectivity index (χ0v) is 8.50. The van der Waals surface area contributed by atoms with Crippen molar-refractivity contribution >= 4 is 0 Å². The highest BCUT2D eigenvalue weighted by molar-refractivity contribution is 5.14. The Morgan fingerprint density at radius 2 is 1.93 bits per heavy atom. The van der Waals surface area contributed by atoms with Gasteiger partial charge in [0.2, 0.25) is 0 Å². The lowest BCUT2D eigenvalue weighted by atomic mass is 10.2. The fourth-order valence-electron chi connectivity index (χ4n) is 1.50. The van der Waals surface area contributed by atoms with Crippen LogP contribution >= 0.6 is 0 Å². The summed E-state index contributed by atoms with van der Waals surface area (Å²) in [5.41, 5.74) is 2.03. The van der Waals surface area contributed by atoms with Gasteiger partial charge in [-0.2, -0.15) is 5.10 Å². The molecule has 3 nitrogen and oxygen atoms in total. The summed E-state index contributed by atoms with van der Waals surface area (Å²) in [6.45, 7) is 0.863. The first-order chi connectivity index (χ1) is 7.38. The number of hydrogen-bond acceptors (Lipinski definition) is 2. The first-order valence-corrected chi connectivity index (χ1v) is 5.05. The van der Waals surface area contributed by atoms with Crippen molar-refractivity contribution in [2.24, 2.45) is 0 Å². The summed E-state index contributed by atoms with van der Waals surface area (Å²) in [4.78, 5) is 0. The Labute approximate surface area is 89.0 Å². The predicted octanol–water partition coefficient (Wildman–Crippen LogP) is 1.62. The van der Waals surface area contributed by atoms with Gasteiger partial charge in [-0.15, -0.1) is 0 Å². The van der Waals surface area contributed by atoms with Crippen LogP contribution in [0.1, 0.15) is 11.3 Å². The van der Waals surface area contributed by atoms with Crippen LogP contribution in [0.5, 0.6) is 0 Å². The van der Waals surface area contributed by atoms with E-state index in [2.05, 4.69) is 17.2 Å². The first kappa shape index (κ1) is 9.93. The van der Waals surface area contributed by atoms with Gasteiger partial charge in [-0.3, -0.25) is 4.68 Å². The number of nitrogens with zero attached hydrogens (tertiary/aromatic N) is 2. The molecule has 2 aromatic rings. The molecule has 0 aliphatic carbocycles. The van der Waals surface area contributed by atoms with E-state index in [1.165, 1.54) is 5.56 Å². The molecule has 0 saturated carbocycles. The molecule has 0 radical (unpaired) electrons. The largest absolute Gasteiger partial charge is 0.390 e. The highest BCUT2D eigenvalue weighted by atomic mass is 16.3. The van der Waals surface area contributed by atoms with Crippen molar-refractivity contribution in [1.29, 1.82) is 0 Å². The molecule has 0 fully saturated rings. The van der Waals surface area contributed by atoms with Crippen LogP contribution in [-0.4, -0.2) is 14.9 Å². The average Bonchev–Trinajstić information content (AvgIpc) is 2.76. The minimum Gasteiger partial charge on any atom is -0.390 e. The van der Waals surface area contributed by atoms with Crippen molar-refractivity contribution in [3.8, 4) is 0 Å². The van der Waals surface area contributed by atoms with Crippen LogP contribution in [0.3, 0.4) is 0 Å². The van der Waals surface area contributed by atoms with E-state index in [1.807, 2.05) is 35.1 Å². The Morgan fingerprint density at radius 1 is 1.13 bits per heavy atom. The lowest BCUT2D eigenvalue weighted by molar-refractivity contribution is 0.275. The topological polar surface area (TPSA) is 38.0 Å². The van der Waals surface area contributed by atoms with Gasteiger partial charge in [-0.25, -0.2) is 0 Å². The van der Waals surface area contributed by atoms with Gasteiger partial charge in [0.1, 0.15) is 0 Å². The van der Waals surface area contributed by atoms with Gasteiger partial charge in [0.25, 0.3) is 0 Å². The molecule has 1 aromatic carbocycles. The lowest BCUT2D eigenvalue weighted by Gasteiger charge is -2.01. The minimum absolute atomic E-state index is 0.0122. The molecule has 0 spiro atoms. The molecule has 0 unspecified atom stereocenters. The summed E-state index contributed by atoms with van der Waals surface area (Å²) >= 11 is 0. The Balaban J connectivity index is 1.93. The molecule has 0 bridgehead atoms. The summed E-state index contributed by atoms with van der Waals surface area (Å²) in [5.74, 6) is 0. The average molecular weight is 202 g/mol. The number of aliphatic hydroxyl groups excluding tert-OH is 1. The molecule has 1 heterocycles. The minimum atomic E-state index is 0.0122. The highest BCUT2D eigenvalue weighted by Crippen LogP contribution is 2.02. The molecule has 3 heteroatoms. The molecule has 1 N–H and O–H groups in total. The van der Waals surface area contributed by atoms with E-state index in [0.29, 0.717) is 0 Å². The van der Waals surface area contributed by atoms with Crippen LogP contribution in [0.4, 0.5) is 0 Å². The number of rotatable bonds is 4. The van der Waals surface area contributed by atoms with Gasteiger partial charge in [0, 0.05) is 12.7 Å². The fourth-order valence-corrected chi connectivity index (χ4v) is 1.50. The number of benzene rings is 1. The van der Waals surface area contributed by atoms with Crippen molar-refractivity contribution in [3.63, 3.8) is 0 Å². The van der Waals surface area contributed by atoms with Crippen LogP contribution in [0.25, 0.3) is 0 Å². The van der Waals surface area contributed by atoms with Crippen molar-refractivity contribution in [2.75, 3.05) is 0 Å². The van der Waals surface area contributed by atoms with Gasteiger partial charge < -0.3 is 5.11 Å². The zero-order valence-electron chi connectivity index (χ0n) is 8.50. The van der Waals surface area contributed by atoms with Gasteiger partial charge in [-0.05, 0) is 18.1 Å². The smallest absolute Gasteiger partial charge is 0.0878 e. The third kappa shape index (κ3) is 2.67. The van der Waals surface area contributed by atoms with Crippen molar-refractivity contribution < 1.29 is 5.11 Å². The van der Waals surface area contributed by atoms with Crippen LogP contribution in [0, 0.1) is 0 Å². The van der Waals surface area contributed by atoms with E-state index >= 15 is 0 Å². The van der Waals surface area contributed by atoms with Gasteiger partial charge in [-0.1, -0.05) is 30.3 Å². The standard InChI is InChI=1S/C12H14N2O/c15-10-12-7-9-14(13-12)8-6-11-4-2-1-3-5-11/h1-5,7,9,15H,6,8,10H2. The quantitative estimate of drug-likeness (QED) is 0.818. The maximum Gasteiger partial charge on any atom is 0.0878 e. The molecule has 15 heavy (non-hydrogen) atoms. The normalized spacial score (nSPS) is 10.5. The van der Waals surface area contributed by atoms with Crippen LogP contribution in [0.15, 0.2) is 42.6 Å². The SMILES string of the molecule is OCc1ccn(CCc2ccccc2)n1. The summed E-state index contributed by atoms with van der Waals surface area (Å²) in [7, 11) is 0. The van der Waals surface area contributed by atoms with E-state index < -0.39 is 0 Å². The number of aryl methyl sites for hydroxylation is 2. The number of aromatic nitrogens is 2. The maximum absolute atomic E-state index is 8.86. The molecular formula is C12H14N2O. The Bertz CT molecular complexity index is 409. The lowest BCUT2D eigenvalue weighted by Crippen LogP contribution is -2.02. The summed E-state index contributed by atoms with van der Waals surface area (Å²) in [6.07, 6.45) is 2.86. The highest BCUT2D eigenvalue weighted by Gasteiger charge is 1.97. The maximum atomic E-state index is 8.86. The number of hydrogen-bond donors (Lipinski definition) is 1. The van der Waals surface area contributed by atoms with Gasteiger partial charge >= 0.3 is 0 Å². The second-order valence-electron chi connectivity index (χ2n) is 3.46. The molecule has 0 atom stereocenters. The second kappa shape index (κ2) is 4.75.